The van der Waals surface area contributed by atoms with Crippen molar-refractivity contribution in [3.63, 3.8) is 0 Å². The van der Waals surface area contributed by atoms with Gasteiger partial charge >= 0.3 is 0 Å². The highest BCUT2D eigenvalue weighted by Gasteiger charge is 2.35. The zero-order valence-electron chi connectivity index (χ0n) is 21.3. The molecule has 1 saturated heterocycles. The predicted molar refractivity (Wildman–Crippen MR) is 146 cm³/mol. The highest BCUT2D eigenvalue weighted by atomic mass is 35.5. The average Bonchev–Trinajstić information content (AvgIpc) is 3.59. The van der Waals surface area contributed by atoms with E-state index in [1.807, 2.05) is 35.0 Å². The molecule has 0 bridgehead atoms. The molecule has 0 amide bonds. The molecular weight excluding hydrogens is 486 g/mol. The Morgan fingerprint density at radius 3 is 2.57 bits per heavy atom. The molecule has 4 aromatic rings. The minimum atomic E-state index is -0.327. The molecule has 1 N–H and O–H groups in total. The van der Waals surface area contributed by atoms with Crippen LogP contribution in [-0.2, 0) is 0 Å². The molecule has 1 atom stereocenters. The number of pyridine rings is 1. The Morgan fingerprint density at radius 2 is 1.78 bits per heavy atom. The Balaban J connectivity index is 1.39. The second kappa shape index (κ2) is 9.91. The van der Waals surface area contributed by atoms with E-state index in [-0.39, 0.29) is 17.6 Å². The third-order valence-electron chi connectivity index (χ3n) is 7.95. The molecule has 2 aromatic heterocycles. The number of tetrazole rings is 1. The number of nitrogens with one attached hydrogen (secondary N) is 1. The first-order valence-corrected chi connectivity index (χ1v) is 13.5. The Kier molecular flexibility index (Phi) is 6.46. The molecule has 3 heterocycles. The van der Waals surface area contributed by atoms with Gasteiger partial charge in [0.05, 0.1) is 6.04 Å². The van der Waals surface area contributed by atoms with Crippen LogP contribution in [0.1, 0.15) is 60.3 Å². The van der Waals surface area contributed by atoms with Crippen molar-refractivity contribution in [3.8, 4) is 0 Å². The Hall–Kier alpha value is -3.23. The minimum Gasteiger partial charge on any atom is -0.369 e. The molecule has 2 aliphatic rings. The lowest BCUT2D eigenvalue weighted by molar-refractivity contribution is 0.197. The first kappa shape index (κ1) is 24.1. The van der Waals surface area contributed by atoms with Crippen molar-refractivity contribution in [2.45, 2.75) is 51.6 Å². The third kappa shape index (κ3) is 4.64. The summed E-state index contributed by atoms with van der Waals surface area (Å²) in [5.74, 6) is 0.761. The number of piperazine rings is 1. The average molecular weight is 518 g/mol. The van der Waals surface area contributed by atoms with E-state index in [9.17, 15) is 4.79 Å². The van der Waals surface area contributed by atoms with Gasteiger partial charge in [0.15, 0.2) is 5.82 Å². The van der Waals surface area contributed by atoms with Gasteiger partial charge in [-0.15, -0.1) is 5.10 Å². The number of anilines is 1. The molecule has 2 fully saturated rings. The van der Waals surface area contributed by atoms with Crippen LogP contribution in [0.5, 0.6) is 0 Å². The Morgan fingerprint density at radius 1 is 1.00 bits per heavy atom. The number of nitrogens with zero attached hydrogens (tertiary/aromatic N) is 6. The molecular formula is C28H32ClN7O. The summed E-state index contributed by atoms with van der Waals surface area (Å²) in [4.78, 5) is 21.4. The molecule has 192 valence electrons. The van der Waals surface area contributed by atoms with Gasteiger partial charge < -0.3 is 9.88 Å². The highest BCUT2D eigenvalue weighted by Crippen LogP contribution is 2.35. The van der Waals surface area contributed by atoms with E-state index in [0.29, 0.717) is 5.56 Å². The smallest absolute Gasteiger partial charge is 0.253 e. The van der Waals surface area contributed by atoms with Crippen molar-refractivity contribution in [3.05, 3.63) is 80.4 Å². The molecule has 1 aliphatic heterocycles. The lowest BCUT2D eigenvalue weighted by Crippen LogP contribution is -2.49. The van der Waals surface area contributed by atoms with Crippen molar-refractivity contribution in [1.29, 1.82) is 0 Å². The maximum atomic E-state index is 13.5. The molecule has 0 radical (unpaired) electrons. The first-order valence-electron chi connectivity index (χ1n) is 13.1. The third-order valence-corrected chi connectivity index (χ3v) is 8.18. The Labute approximate surface area is 221 Å². The number of aryl methyl sites for hydroxylation is 2. The van der Waals surface area contributed by atoms with Gasteiger partial charge in [-0.25, -0.2) is 4.68 Å². The molecule has 2 aromatic carbocycles. The summed E-state index contributed by atoms with van der Waals surface area (Å²) < 4.78 is 1.99. The molecule has 1 unspecified atom stereocenters. The van der Waals surface area contributed by atoms with E-state index in [1.165, 1.54) is 24.1 Å². The summed E-state index contributed by atoms with van der Waals surface area (Å²) in [7, 11) is 0. The van der Waals surface area contributed by atoms with E-state index in [4.69, 9.17) is 11.6 Å². The maximum absolute atomic E-state index is 13.5. The molecule has 1 aliphatic carbocycles. The molecule has 8 nitrogen and oxygen atoms in total. The molecule has 37 heavy (non-hydrogen) atoms. The summed E-state index contributed by atoms with van der Waals surface area (Å²) in [6.45, 7) is 7.39. The second-order valence-corrected chi connectivity index (χ2v) is 10.9. The van der Waals surface area contributed by atoms with Crippen molar-refractivity contribution >= 4 is 28.2 Å². The fraction of sp³-hybridized carbons (Fsp3) is 0.429. The van der Waals surface area contributed by atoms with Crippen LogP contribution in [-0.4, -0.2) is 56.3 Å². The van der Waals surface area contributed by atoms with Gasteiger partial charge in [0, 0.05) is 48.0 Å². The van der Waals surface area contributed by atoms with E-state index < -0.39 is 0 Å². The zero-order valence-corrected chi connectivity index (χ0v) is 22.1. The number of hydrogen-bond acceptors (Lipinski definition) is 6. The maximum Gasteiger partial charge on any atom is 0.253 e. The van der Waals surface area contributed by atoms with Crippen LogP contribution in [0.25, 0.3) is 10.9 Å². The molecule has 1 saturated carbocycles. The lowest BCUT2D eigenvalue weighted by atomic mass is 10.0. The minimum absolute atomic E-state index is 0.0876. The molecule has 0 spiro atoms. The van der Waals surface area contributed by atoms with E-state index in [1.54, 1.807) is 0 Å². The van der Waals surface area contributed by atoms with Crippen molar-refractivity contribution < 1.29 is 0 Å². The normalized spacial score (nSPS) is 18.1. The Bertz CT molecular complexity index is 1480. The van der Waals surface area contributed by atoms with Crippen LogP contribution >= 0.6 is 11.6 Å². The second-order valence-electron chi connectivity index (χ2n) is 10.4. The van der Waals surface area contributed by atoms with Crippen LogP contribution in [0.4, 0.5) is 5.69 Å². The van der Waals surface area contributed by atoms with Crippen LogP contribution < -0.4 is 10.5 Å². The van der Waals surface area contributed by atoms with Crippen LogP contribution in [0, 0.1) is 13.8 Å². The number of aromatic nitrogens is 5. The quantitative estimate of drug-likeness (QED) is 0.409. The number of rotatable bonds is 5. The summed E-state index contributed by atoms with van der Waals surface area (Å²) in [6.07, 6.45) is 4.50. The summed E-state index contributed by atoms with van der Waals surface area (Å²) in [5, 5.41) is 14.8. The van der Waals surface area contributed by atoms with Crippen molar-refractivity contribution in [1.82, 2.24) is 30.1 Å². The molecule has 6 rings (SSSR count). The van der Waals surface area contributed by atoms with Gasteiger partial charge in [-0.2, -0.15) is 0 Å². The van der Waals surface area contributed by atoms with Gasteiger partial charge in [-0.05, 0) is 78.4 Å². The van der Waals surface area contributed by atoms with Gasteiger partial charge in [-0.3, -0.25) is 9.69 Å². The number of benzene rings is 2. The van der Waals surface area contributed by atoms with Gasteiger partial charge in [0.2, 0.25) is 0 Å². The van der Waals surface area contributed by atoms with Crippen LogP contribution in [0.15, 0.2) is 47.3 Å². The first-order chi connectivity index (χ1) is 18.0. The molecule has 9 heteroatoms. The monoisotopic (exact) mass is 517 g/mol. The summed E-state index contributed by atoms with van der Waals surface area (Å²) in [5.41, 5.74) is 4.98. The van der Waals surface area contributed by atoms with Gasteiger partial charge in [0.25, 0.3) is 5.56 Å². The number of fused-ring (bicyclic) bond motifs is 1. The van der Waals surface area contributed by atoms with E-state index >= 15 is 0 Å². The fourth-order valence-corrected chi connectivity index (χ4v) is 6.15. The SMILES string of the molecule is Cc1ccc2[nH]c(=O)c(C(c3nnnn3C3CCCC3)N3CCN(c4cc(Cl)ccc4C)CC3)cc2c1. The topological polar surface area (TPSA) is 82.9 Å². The van der Waals surface area contributed by atoms with Gasteiger partial charge in [0.1, 0.15) is 6.04 Å². The van der Waals surface area contributed by atoms with Crippen molar-refractivity contribution in [2.24, 2.45) is 0 Å². The highest BCUT2D eigenvalue weighted by molar-refractivity contribution is 6.30. The van der Waals surface area contributed by atoms with E-state index in [0.717, 1.165) is 66.3 Å². The number of halogens is 1. The van der Waals surface area contributed by atoms with Gasteiger partial charge in [-0.1, -0.05) is 42.1 Å². The lowest BCUT2D eigenvalue weighted by Gasteiger charge is -2.40. The summed E-state index contributed by atoms with van der Waals surface area (Å²) in [6, 6.07) is 14.1. The number of aromatic amines is 1. The standard InChI is InChI=1S/C28H32ClN7O/c1-18-7-10-24-20(15-18)16-23(28(37)30-24)26(27-31-32-33-36(27)22-5-3-4-6-22)35-13-11-34(12-14-35)25-17-21(29)9-8-19(25)2/h7-10,15-17,22,26H,3-6,11-14H2,1-2H3,(H,30,37). The predicted octanol–water partition coefficient (Wildman–Crippen LogP) is 4.81. The number of hydrogen-bond donors (Lipinski definition) is 1. The zero-order chi connectivity index (χ0) is 25.5. The van der Waals surface area contributed by atoms with Crippen LogP contribution in [0.3, 0.4) is 0 Å². The van der Waals surface area contributed by atoms with Crippen molar-refractivity contribution in [2.75, 3.05) is 31.1 Å². The largest absolute Gasteiger partial charge is 0.369 e. The number of H-pyrrole nitrogens is 1. The fourth-order valence-electron chi connectivity index (χ4n) is 5.98. The van der Waals surface area contributed by atoms with E-state index in [2.05, 4.69) is 56.3 Å². The van der Waals surface area contributed by atoms with Crippen LogP contribution in [0.2, 0.25) is 5.02 Å². The summed E-state index contributed by atoms with van der Waals surface area (Å²) >= 11 is 6.32.